The number of esters is 1. The van der Waals surface area contributed by atoms with Gasteiger partial charge in [0.15, 0.2) is 0 Å². The Balaban J connectivity index is 1.71. The number of likely N-dealkylation sites (tertiary alicyclic amines) is 1. The van der Waals surface area contributed by atoms with Crippen LogP contribution >= 0.6 is 0 Å². The second-order valence-corrected chi connectivity index (χ2v) is 6.37. The number of urea groups is 1. The van der Waals surface area contributed by atoms with Crippen molar-refractivity contribution in [3.05, 3.63) is 0 Å². The van der Waals surface area contributed by atoms with Gasteiger partial charge in [-0.15, -0.1) is 0 Å². The summed E-state index contributed by atoms with van der Waals surface area (Å²) < 4.78 is 4.60. The number of rotatable bonds is 5. The number of fused-ring (bicyclic) bond motifs is 1. The lowest BCUT2D eigenvalue weighted by Gasteiger charge is -2.33. The van der Waals surface area contributed by atoms with Crippen molar-refractivity contribution < 1.29 is 14.3 Å². The van der Waals surface area contributed by atoms with E-state index in [4.69, 9.17) is 0 Å². The van der Waals surface area contributed by atoms with Crippen LogP contribution < -0.4 is 5.32 Å². The molecule has 1 heterocycles. The summed E-state index contributed by atoms with van der Waals surface area (Å²) in [5.74, 6) is 0.526. The van der Waals surface area contributed by atoms with Gasteiger partial charge in [0.05, 0.1) is 7.11 Å². The lowest BCUT2D eigenvalue weighted by molar-refractivity contribution is -0.140. The fourth-order valence-corrected chi connectivity index (χ4v) is 3.84. The molecule has 1 saturated carbocycles. The number of nitrogens with one attached hydrogen (secondary N) is 1. The number of hydrogen-bond donors (Lipinski definition) is 1. The van der Waals surface area contributed by atoms with Crippen LogP contribution in [0.5, 0.6) is 0 Å². The van der Waals surface area contributed by atoms with E-state index >= 15 is 0 Å². The lowest BCUT2D eigenvalue weighted by atomic mass is 9.85. The molecule has 0 radical (unpaired) electrons. The Hall–Kier alpha value is -1.26. The summed E-state index contributed by atoms with van der Waals surface area (Å²) >= 11 is 0. The Bertz CT molecular complexity index is 373. The molecule has 0 spiro atoms. The molecule has 2 fully saturated rings. The van der Waals surface area contributed by atoms with Gasteiger partial charge in [-0.3, -0.25) is 4.79 Å². The molecule has 1 N–H and O–H groups in total. The van der Waals surface area contributed by atoms with Crippen molar-refractivity contribution in [3.8, 4) is 0 Å². The molecule has 2 aliphatic rings. The third-order valence-electron chi connectivity index (χ3n) is 4.89. The zero-order chi connectivity index (χ0) is 15.2. The minimum absolute atomic E-state index is 0.0787. The first-order chi connectivity index (χ1) is 10.1. The maximum atomic E-state index is 12.4. The number of amides is 2. The molecule has 0 unspecified atom stereocenters. The van der Waals surface area contributed by atoms with Crippen molar-refractivity contribution in [3.63, 3.8) is 0 Å². The van der Waals surface area contributed by atoms with Gasteiger partial charge in [-0.1, -0.05) is 12.8 Å². The van der Waals surface area contributed by atoms with E-state index in [1.54, 1.807) is 0 Å². The minimum Gasteiger partial charge on any atom is -0.469 e. The van der Waals surface area contributed by atoms with E-state index in [1.165, 1.54) is 26.4 Å². The van der Waals surface area contributed by atoms with E-state index in [2.05, 4.69) is 21.9 Å². The Morgan fingerprint density at radius 3 is 2.76 bits per heavy atom. The molecular weight excluding hydrogens is 268 g/mol. The summed E-state index contributed by atoms with van der Waals surface area (Å²) in [6.07, 6.45) is 8.15. The fraction of sp³-hybridized carbons (Fsp3) is 0.875. The van der Waals surface area contributed by atoms with Crippen molar-refractivity contribution in [2.24, 2.45) is 5.92 Å². The average Bonchev–Trinajstić information content (AvgIpc) is 2.82. The zero-order valence-corrected chi connectivity index (χ0v) is 13.3. The molecule has 0 aromatic heterocycles. The van der Waals surface area contributed by atoms with Gasteiger partial charge < -0.3 is 15.0 Å². The van der Waals surface area contributed by atoms with Gasteiger partial charge in [-0.2, -0.15) is 0 Å². The number of carbonyl (C=O) groups is 2. The molecule has 120 valence electrons. The summed E-state index contributed by atoms with van der Waals surface area (Å²) in [6, 6.07) is 0.881. The van der Waals surface area contributed by atoms with Crippen molar-refractivity contribution in [2.75, 3.05) is 13.7 Å². The molecule has 1 saturated heterocycles. The molecule has 2 rings (SSSR count). The van der Waals surface area contributed by atoms with Crippen molar-refractivity contribution in [2.45, 2.75) is 70.4 Å². The summed E-state index contributed by atoms with van der Waals surface area (Å²) in [5, 5.41) is 3.01. The topological polar surface area (TPSA) is 58.6 Å². The highest BCUT2D eigenvalue weighted by Gasteiger charge is 2.42. The number of ether oxygens (including phenoxy) is 1. The Labute approximate surface area is 127 Å². The Morgan fingerprint density at radius 1 is 1.24 bits per heavy atom. The predicted octanol–water partition coefficient (Wildman–Crippen LogP) is 2.69. The molecule has 1 aliphatic heterocycles. The van der Waals surface area contributed by atoms with Crippen LogP contribution in [0.15, 0.2) is 0 Å². The highest BCUT2D eigenvalue weighted by molar-refractivity contribution is 5.75. The van der Waals surface area contributed by atoms with Crippen LogP contribution in [0.25, 0.3) is 0 Å². The number of unbranched alkanes of at least 4 members (excludes halogenated alkanes) is 1. The van der Waals surface area contributed by atoms with Gasteiger partial charge in [-0.05, 0) is 44.9 Å². The number of nitrogens with zero attached hydrogens (tertiary/aromatic N) is 1. The first kappa shape index (κ1) is 16.1. The SMILES string of the molecule is COC(=O)CCCCNC(=O)N1[C@H](C)C[C@@H]2CCCC[C@H]21. The van der Waals surface area contributed by atoms with E-state index in [0.29, 0.717) is 31.0 Å². The van der Waals surface area contributed by atoms with Gasteiger partial charge in [0.1, 0.15) is 0 Å². The summed E-state index contributed by atoms with van der Waals surface area (Å²) in [6.45, 7) is 2.80. The summed E-state index contributed by atoms with van der Waals surface area (Å²) in [4.78, 5) is 25.5. The molecule has 0 aromatic carbocycles. The molecule has 0 aromatic rings. The van der Waals surface area contributed by atoms with Gasteiger partial charge >= 0.3 is 12.0 Å². The number of hydrogen-bond acceptors (Lipinski definition) is 3. The van der Waals surface area contributed by atoms with Crippen molar-refractivity contribution in [1.82, 2.24) is 10.2 Å². The lowest BCUT2D eigenvalue weighted by Crippen LogP contribution is -2.47. The van der Waals surface area contributed by atoms with E-state index in [1.807, 2.05) is 0 Å². The fourth-order valence-electron chi connectivity index (χ4n) is 3.84. The molecule has 3 atom stereocenters. The van der Waals surface area contributed by atoms with Crippen molar-refractivity contribution >= 4 is 12.0 Å². The van der Waals surface area contributed by atoms with Crippen LogP contribution in [0, 0.1) is 5.92 Å². The molecule has 5 heteroatoms. The standard InChI is InChI=1S/C16H28N2O3/c1-12-11-13-7-3-4-8-14(13)18(12)16(20)17-10-6-5-9-15(19)21-2/h12-14H,3-11H2,1-2H3,(H,17,20)/t12-,13+,14-/m1/s1. The number of carbonyl (C=O) groups excluding carboxylic acids is 2. The smallest absolute Gasteiger partial charge is 0.317 e. The summed E-state index contributed by atoms with van der Waals surface area (Å²) in [7, 11) is 1.40. The quantitative estimate of drug-likeness (QED) is 0.627. The molecule has 0 bridgehead atoms. The second-order valence-electron chi connectivity index (χ2n) is 6.37. The molecule has 21 heavy (non-hydrogen) atoms. The van der Waals surface area contributed by atoms with Gasteiger partial charge in [0.2, 0.25) is 0 Å². The minimum atomic E-state index is -0.181. The third kappa shape index (κ3) is 4.11. The first-order valence-electron chi connectivity index (χ1n) is 8.26. The Kier molecular flexibility index (Phi) is 5.88. The van der Waals surface area contributed by atoms with E-state index in [0.717, 1.165) is 25.7 Å². The molecule has 1 aliphatic carbocycles. The van der Waals surface area contributed by atoms with Gasteiger partial charge in [0, 0.05) is 25.0 Å². The first-order valence-corrected chi connectivity index (χ1v) is 8.26. The number of methoxy groups -OCH3 is 1. The summed E-state index contributed by atoms with van der Waals surface area (Å²) in [5.41, 5.74) is 0. The maximum absolute atomic E-state index is 12.4. The molecule has 5 nitrogen and oxygen atoms in total. The van der Waals surface area contributed by atoms with Gasteiger partial charge in [0.25, 0.3) is 0 Å². The van der Waals surface area contributed by atoms with Crippen LogP contribution in [0.3, 0.4) is 0 Å². The van der Waals surface area contributed by atoms with E-state index in [-0.39, 0.29) is 12.0 Å². The predicted molar refractivity (Wildman–Crippen MR) is 80.9 cm³/mol. The normalized spacial score (nSPS) is 28.1. The van der Waals surface area contributed by atoms with Crippen LogP contribution in [0.1, 0.15) is 58.3 Å². The third-order valence-corrected chi connectivity index (χ3v) is 4.89. The van der Waals surface area contributed by atoms with Gasteiger partial charge in [-0.25, -0.2) is 4.79 Å². The average molecular weight is 296 g/mol. The Morgan fingerprint density at radius 2 is 2.00 bits per heavy atom. The van der Waals surface area contributed by atoms with Crippen molar-refractivity contribution in [1.29, 1.82) is 0 Å². The van der Waals surface area contributed by atoms with Crippen LogP contribution in [0.4, 0.5) is 4.79 Å². The zero-order valence-electron chi connectivity index (χ0n) is 13.3. The molecule has 2 amide bonds. The monoisotopic (exact) mass is 296 g/mol. The van der Waals surface area contributed by atoms with Crippen LogP contribution in [-0.2, 0) is 9.53 Å². The maximum Gasteiger partial charge on any atom is 0.317 e. The van der Waals surface area contributed by atoms with Crippen LogP contribution in [-0.4, -0.2) is 42.6 Å². The highest BCUT2D eigenvalue weighted by atomic mass is 16.5. The highest BCUT2D eigenvalue weighted by Crippen LogP contribution is 2.39. The van der Waals surface area contributed by atoms with E-state index in [9.17, 15) is 9.59 Å². The second kappa shape index (κ2) is 7.66. The van der Waals surface area contributed by atoms with Crippen LogP contribution in [0.2, 0.25) is 0 Å². The largest absolute Gasteiger partial charge is 0.469 e. The molecular formula is C16H28N2O3. The van der Waals surface area contributed by atoms with E-state index < -0.39 is 0 Å².